The van der Waals surface area contributed by atoms with Crippen LogP contribution in [0.2, 0.25) is 10.0 Å². The Bertz CT molecular complexity index is 513. The number of imidazole rings is 1. The first-order valence-corrected chi connectivity index (χ1v) is 5.31. The standard InChI is InChI=1S/C10H9Cl2N3O/c1-15-3-2-13-10(15)9(16)8-7(12)4-6(11)5-14-8/h2-5,9,16H,1H3. The molecule has 2 rings (SSSR count). The molecule has 0 bridgehead atoms. The van der Waals surface area contributed by atoms with Gasteiger partial charge in [-0.05, 0) is 6.07 Å². The predicted octanol–water partition coefficient (Wildman–Crippen LogP) is 2.20. The number of hydrogen-bond acceptors (Lipinski definition) is 3. The fourth-order valence-electron chi connectivity index (χ4n) is 1.39. The minimum Gasteiger partial charge on any atom is -0.379 e. The average Bonchev–Trinajstić information content (AvgIpc) is 2.63. The highest BCUT2D eigenvalue weighted by Gasteiger charge is 2.19. The second kappa shape index (κ2) is 4.41. The molecule has 0 aliphatic heterocycles. The van der Waals surface area contributed by atoms with Crippen molar-refractivity contribution < 1.29 is 5.11 Å². The Morgan fingerprint density at radius 2 is 2.12 bits per heavy atom. The van der Waals surface area contributed by atoms with Crippen LogP contribution in [-0.4, -0.2) is 19.6 Å². The molecule has 16 heavy (non-hydrogen) atoms. The molecule has 0 saturated heterocycles. The Morgan fingerprint density at radius 1 is 1.38 bits per heavy atom. The van der Waals surface area contributed by atoms with Crippen LogP contribution in [0.25, 0.3) is 0 Å². The van der Waals surface area contributed by atoms with Crippen LogP contribution in [0.3, 0.4) is 0 Å². The smallest absolute Gasteiger partial charge is 0.155 e. The summed E-state index contributed by atoms with van der Waals surface area (Å²) in [6.07, 6.45) is 3.82. The lowest BCUT2D eigenvalue weighted by atomic mass is 10.2. The Balaban J connectivity index is 2.41. The second-order valence-corrected chi connectivity index (χ2v) is 4.16. The van der Waals surface area contributed by atoms with Crippen LogP contribution in [0.5, 0.6) is 0 Å². The lowest BCUT2D eigenvalue weighted by Gasteiger charge is -2.11. The highest BCUT2D eigenvalue weighted by atomic mass is 35.5. The number of aryl methyl sites for hydroxylation is 1. The van der Waals surface area contributed by atoms with E-state index < -0.39 is 6.10 Å². The van der Waals surface area contributed by atoms with E-state index in [1.54, 1.807) is 24.0 Å². The molecule has 84 valence electrons. The largest absolute Gasteiger partial charge is 0.379 e. The van der Waals surface area contributed by atoms with E-state index in [4.69, 9.17) is 23.2 Å². The van der Waals surface area contributed by atoms with Gasteiger partial charge in [-0.1, -0.05) is 23.2 Å². The van der Waals surface area contributed by atoms with Crippen LogP contribution < -0.4 is 0 Å². The molecule has 0 aromatic carbocycles. The lowest BCUT2D eigenvalue weighted by molar-refractivity contribution is 0.201. The van der Waals surface area contributed by atoms with Crippen LogP contribution in [0.15, 0.2) is 24.7 Å². The van der Waals surface area contributed by atoms with E-state index in [1.165, 1.54) is 12.3 Å². The fourth-order valence-corrected chi connectivity index (χ4v) is 1.87. The SMILES string of the molecule is Cn1ccnc1C(O)c1ncc(Cl)cc1Cl. The number of aromatic nitrogens is 3. The first-order chi connectivity index (χ1) is 7.59. The van der Waals surface area contributed by atoms with Crippen molar-refractivity contribution in [3.8, 4) is 0 Å². The van der Waals surface area contributed by atoms with Gasteiger partial charge in [0.05, 0.1) is 15.7 Å². The summed E-state index contributed by atoms with van der Waals surface area (Å²) in [5.74, 6) is 0.483. The highest BCUT2D eigenvalue weighted by Crippen LogP contribution is 2.27. The van der Waals surface area contributed by atoms with Gasteiger partial charge in [-0.3, -0.25) is 4.98 Å². The number of halogens is 2. The molecule has 0 fully saturated rings. The quantitative estimate of drug-likeness (QED) is 0.898. The first-order valence-electron chi connectivity index (χ1n) is 4.56. The molecule has 0 radical (unpaired) electrons. The van der Waals surface area contributed by atoms with Crippen LogP contribution in [0, 0.1) is 0 Å². The van der Waals surface area contributed by atoms with Crippen molar-refractivity contribution in [3.63, 3.8) is 0 Å². The van der Waals surface area contributed by atoms with E-state index in [9.17, 15) is 5.11 Å². The summed E-state index contributed by atoms with van der Waals surface area (Å²) in [6.45, 7) is 0. The zero-order valence-corrected chi connectivity index (χ0v) is 9.94. The summed E-state index contributed by atoms with van der Waals surface area (Å²) in [5, 5.41) is 10.8. The first kappa shape index (κ1) is 11.4. The van der Waals surface area contributed by atoms with Crippen molar-refractivity contribution in [2.24, 2.45) is 7.05 Å². The monoisotopic (exact) mass is 257 g/mol. The van der Waals surface area contributed by atoms with Gasteiger partial charge in [-0.25, -0.2) is 4.98 Å². The Hall–Kier alpha value is -1.10. The molecule has 1 N–H and O–H groups in total. The third-order valence-corrected chi connectivity index (χ3v) is 2.71. The fraction of sp³-hybridized carbons (Fsp3) is 0.200. The number of aliphatic hydroxyl groups excluding tert-OH is 1. The molecule has 0 aliphatic carbocycles. The van der Waals surface area contributed by atoms with Gasteiger partial charge in [-0.2, -0.15) is 0 Å². The average molecular weight is 258 g/mol. The predicted molar refractivity (Wildman–Crippen MR) is 61.5 cm³/mol. The number of aliphatic hydroxyl groups is 1. The van der Waals surface area contributed by atoms with Crippen molar-refractivity contribution in [1.82, 2.24) is 14.5 Å². The third-order valence-electron chi connectivity index (χ3n) is 2.20. The lowest BCUT2D eigenvalue weighted by Crippen LogP contribution is -2.09. The molecule has 0 amide bonds. The zero-order chi connectivity index (χ0) is 11.7. The third kappa shape index (κ3) is 2.04. The summed E-state index contributed by atoms with van der Waals surface area (Å²) in [5.41, 5.74) is 0.348. The van der Waals surface area contributed by atoms with E-state index in [2.05, 4.69) is 9.97 Å². The summed E-state index contributed by atoms with van der Waals surface area (Å²) in [4.78, 5) is 8.04. The van der Waals surface area contributed by atoms with E-state index in [0.717, 1.165) is 0 Å². The number of hydrogen-bond donors (Lipinski definition) is 1. The molecule has 0 spiro atoms. The second-order valence-electron chi connectivity index (χ2n) is 3.32. The summed E-state index contributed by atoms with van der Waals surface area (Å²) in [7, 11) is 1.79. The van der Waals surface area contributed by atoms with E-state index in [1.807, 2.05) is 0 Å². The van der Waals surface area contributed by atoms with Crippen molar-refractivity contribution in [2.75, 3.05) is 0 Å². The molecule has 6 heteroatoms. The Labute approximate surface area is 102 Å². The van der Waals surface area contributed by atoms with Gasteiger partial charge in [0.25, 0.3) is 0 Å². The Morgan fingerprint density at radius 3 is 2.69 bits per heavy atom. The minimum atomic E-state index is -0.954. The maximum Gasteiger partial charge on any atom is 0.155 e. The molecule has 4 nitrogen and oxygen atoms in total. The molecule has 0 aliphatic rings. The molecule has 0 saturated carbocycles. The number of nitrogens with zero attached hydrogens (tertiary/aromatic N) is 3. The van der Waals surface area contributed by atoms with Crippen molar-refractivity contribution in [3.05, 3.63) is 46.2 Å². The van der Waals surface area contributed by atoms with Crippen LogP contribution >= 0.6 is 23.2 Å². The van der Waals surface area contributed by atoms with Gasteiger partial charge in [0.2, 0.25) is 0 Å². The van der Waals surface area contributed by atoms with Gasteiger partial charge in [0.1, 0.15) is 5.82 Å². The van der Waals surface area contributed by atoms with E-state index >= 15 is 0 Å². The van der Waals surface area contributed by atoms with E-state index in [0.29, 0.717) is 21.6 Å². The molecular formula is C10H9Cl2N3O. The molecule has 1 atom stereocenters. The topological polar surface area (TPSA) is 50.9 Å². The summed E-state index contributed by atoms with van der Waals surface area (Å²) >= 11 is 11.7. The molecule has 2 heterocycles. The van der Waals surface area contributed by atoms with Gasteiger partial charge in [0, 0.05) is 25.6 Å². The van der Waals surface area contributed by atoms with Gasteiger partial charge in [-0.15, -0.1) is 0 Å². The normalized spacial score (nSPS) is 12.8. The zero-order valence-electron chi connectivity index (χ0n) is 8.43. The van der Waals surface area contributed by atoms with Crippen molar-refractivity contribution in [1.29, 1.82) is 0 Å². The van der Waals surface area contributed by atoms with Crippen LogP contribution in [0.4, 0.5) is 0 Å². The van der Waals surface area contributed by atoms with Crippen LogP contribution in [-0.2, 0) is 7.05 Å². The van der Waals surface area contributed by atoms with Crippen molar-refractivity contribution >= 4 is 23.2 Å². The summed E-state index contributed by atoms with van der Waals surface area (Å²) < 4.78 is 1.71. The maximum atomic E-state index is 10.1. The highest BCUT2D eigenvalue weighted by molar-refractivity contribution is 6.34. The van der Waals surface area contributed by atoms with Gasteiger partial charge in [0.15, 0.2) is 6.10 Å². The number of pyridine rings is 1. The van der Waals surface area contributed by atoms with E-state index in [-0.39, 0.29) is 0 Å². The molecule has 1 unspecified atom stereocenters. The minimum absolute atomic E-state index is 0.322. The summed E-state index contributed by atoms with van der Waals surface area (Å²) in [6, 6.07) is 1.54. The molecule has 2 aromatic heterocycles. The Kier molecular flexibility index (Phi) is 3.14. The molecular weight excluding hydrogens is 249 g/mol. The van der Waals surface area contributed by atoms with Crippen molar-refractivity contribution in [2.45, 2.75) is 6.10 Å². The maximum absolute atomic E-state index is 10.1. The van der Waals surface area contributed by atoms with Crippen LogP contribution in [0.1, 0.15) is 17.6 Å². The number of rotatable bonds is 2. The molecule has 2 aromatic rings. The van der Waals surface area contributed by atoms with Gasteiger partial charge >= 0.3 is 0 Å². The van der Waals surface area contributed by atoms with Gasteiger partial charge < -0.3 is 9.67 Å².